The summed E-state index contributed by atoms with van der Waals surface area (Å²) in [6.45, 7) is 0. The van der Waals surface area contributed by atoms with E-state index >= 15 is 0 Å². The molecule has 0 saturated heterocycles. The van der Waals surface area contributed by atoms with E-state index in [4.69, 9.17) is 0 Å². The van der Waals surface area contributed by atoms with E-state index in [0.717, 1.165) is 0 Å². The molecule has 47 valence electrons. The Labute approximate surface area is 59.5 Å². The van der Waals surface area contributed by atoms with Gasteiger partial charge in [0.1, 0.15) is 0 Å². The molecule has 1 aliphatic carbocycles. The molecule has 0 N–H and O–H groups in total. The third-order valence-corrected chi connectivity index (χ3v) is 1.16. The summed E-state index contributed by atoms with van der Waals surface area (Å²) in [4.78, 5) is 0. The molecule has 0 unspecified atom stereocenters. The van der Waals surface area contributed by atoms with Crippen molar-refractivity contribution in [2.24, 2.45) is 0 Å². The van der Waals surface area contributed by atoms with Crippen LogP contribution in [0.3, 0.4) is 0 Å². The average molecular weight is 156 g/mol. The van der Waals surface area contributed by atoms with Gasteiger partial charge in [0.25, 0.3) is 0 Å². The van der Waals surface area contributed by atoms with E-state index in [1.165, 1.54) is 0 Å². The molecule has 1 rings (SSSR count). The van der Waals surface area contributed by atoms with Crippen LogP contribution in [0, 0.1) is 6.42 Å². The molecule has 0 aliphatic heterocycles. The van der Waals surface area contributed by atoms with Gasteiger partial charge >= 0.3 is 0 Å². The Kier molecular flexibility index (Phi) is 2.99. The minimum absolute atomic E-state index is 0. The van der Waals surface area contributed by atoms with Crippen LogP contribution < -0.4 is 0 Å². The zero-order valence-corrected chi connectivity index (χ0v) is 5.80. The van der Waals surface area contributed by atoms with Gasteiger partial charge in [0.2, 0.25) is 5.92 Å². The minimum atomic E-state index is -2.36. The fraction of sp³-hybridized carbons (Fsp3) is 0.800. The van der Waals surface area contributed by atoms with Crippen LogP contribution in [0.5, 0.6) is 0 Å². The summed E-state index contributed by atoms with van der Waals surface area (Å²) in [5.41, 5.74) is 0. The predicted molar refractivity (Wildman–Crippen MR) is 23.1 cm³/mol. The first-order valence-electron chi connectivity index (χ1n) is 2.40. The number of rotatable bonds is 0. The van der Waals surface area contributed by atoms with Gasteiger partial charge in [-0.15, -0.1) is 6.42 Å². The maximum Gasteiger partial charge on any atom is 0.219 e. The van der Waals surface area contributed by atoms with Crippen molar-refractivity contribution in [3.63, 3.8) is 0 Å². The Morgan fingerprint density at radius 3 is 2.12 bits per heavy atom. The molecule has 0 aromatic heterocycles. The van der Waals surface area contributed by atoms with Gasteiger partial charge in [-0.3, -0.25) is 0 Å². The molecule has 0 aromatic carbocycles. The molecule has 8 heavy (non-hydrogen) atoms. The molecule has 0 amide bonds. The van der Waals surface area contributed by atoms with Crippen molar-refractivity contribution in [1.82, 2.24) is 0 Å². The summed E-state index contributed by atoms with van der Waals surface area (Å²) < 4.78 is 23.8. The fourth-order valence-electron chi connectivity index (χ4n) is 0.729. The number of halogens is 2. The van der Waals surface area contributed by atoms with Gasteiger partial charge < -0.3 is 6.42 Å². The van der Waals surface area contributed by atoms with E-state index in [9.17, 15) is 8.78 Å². The second-order valence-electron chi connectivity index (χ2n) is 1.89. The van der Waals surface area contributed by atoms with E-state index < -0.39 is 5.92 Å². The van der Waals surface area contributed by atoms with Crippen LogP contribution in [0.2, 0.25) is 0 Å². The minimum Gasteiger partial charge on any atom is -0.323 e. The van der Waals surface area contributed by atoms with Gasteiger partial charge in [-0.1, -0.05) is 0 Å². The molecule has 1 radical (unpaired) electrons. The molecule has 0 spiro atoms. The van der Waals surface area contributed by atoms with Gasteiger partial charge in [-0.2, -0.15) is 6.42 Å². The van der Waals surface area contributed by atoms with Crippen LogP contribution >= 0.6 is 0 Å². The van der Waals surface area contributed by atoms with Crippen LogP contribution in [0.1, 0.15) is 19.3 Å². The molecule has 3 heteroatoms. The quantitative estimate of drug-likeness (QED) is 0.470. The van der Waals surface area contributed by atoms with Gasteiger partial charge in [0.15, 0.2) is 0 Å². The molecular weight excluding hydrogens is 149 g/mol. The third kappa shape index (κ3) is 2.14. The second-order valence-corrected chi connectivity index (χ2v) is 1.89. The van der Waals surface area contributed by atoms with Crippen molar-refractivity contribution in [1.29, 1.82) is 0 Å². The fourth-order valence-corrected chi connectivity index (χ4v) is 0.729. The first-order chi connectivity index (χ1) is 3.21. The van der Waals surface area contributed by atoms with Crippen molar-refractivity contribution >= 4 is 0 Å². The van der Waals surface area contributed by atoms with Crippen LogP contribution in [0.25, 0.3) is 0 Å². The Morgan fingerprint density at radius 1 is 1.38 bits per heavy atom. The number of hydrogen-bond donors (Lipinski definition) is 0. The van der Waals surface area contributed by atoms with E-state index in [0.29, 0.717) is 6.42 Å². The van der Waals surface area contributed by atoms with Crippen molar-refractivity contribution in [2.75, 3.05) is 0 Å². The zero-order chi connectivity index (χ0) is 5.33. The Balaban J connectivity index is 0.000000490. The second kappa shape index (κ2) is 2.83. The SMILES string of the molecule is FC1(F)C[CH-]CC1.[V]. The number of alkyl halides is 2. The van der Waals surface area contributed by atoms with Crippen LogP contribution in [-0.4, -0.2) is 5.92 Å². The summed E-state index contributed by atoms with van der Waals surface area (Å²) in [6.07, 6.45) is 2.28. The topological polar surface area (TPSA) is 0 Å². The predicted octanol–water partition coefficient (Wildman–Crippen LogP) is 2.01. The van der Waals surface area contributed by atoms with Crippen LogP contribution in [0.4, 0.5) is 8.78 Å². The first-order valence-corrected chi connectivity index (χ1v) is 2.40. The van der Waals surface area contributed by atoms with E-state index in [2.05, 4.69) is 0 Å². The summed E-state index contributed by atoms with van der Waals surface area (Å²) >= 11 is 0. The summed E-state index contributed by atoms with van der Waals surface area (Å²) in [5, 5.41) is 0. The van der Waals surface area contributed by atoms with Crippen molar-refractivity contribution in [2.45, 2.75) is 25.2 Å². The van der Waals surface area contributed by atoms with Gasteiger partial charge in [-0.05, 0) is 6.42 Å². The molecule has 1 aliphatic rings. The smallest absolute Gasteiger partial charge is 0.219 e. The standard InChI is InChI=1S/C5H7F2.V/c6-5(7)3-1-2-4-5;/h1H,2-4H2;/q-1;. The monoisotopic (exact) mass is 156 g/mol. The molecule has 0 atom stereocenters. The van der Waals surface area contributed by atoms with E-state index in [-0.39, 0.29) is 31.4 Å². The first kappa shape index (κ1) is 8.44. The third-order valence-electron chi connectivity index (χ3n) is 1.16. The maximum atomic E-state index is 11.9. The molecular formula is C5H7F2V-. The van der Waals surface area contributed by atoms with Crippen LogP contribution in [-0.2, 0) is 18.6 Å². The molecule has 0 nitrogen and oxygen atoms in total. The Hall–Kier alpha value is 0.444. The van der Waals surface area contributed by atoms with Crippen molar-refractivity contribution in [3.05, 3.63) is 6.42 Å². The molecule has 0 aromatic rings. The molecule has 0 bridgehead atoms. The summed E-state index contributed by atoms with van der Waals surface area (Å²) in [6, 6.07) is 0. The Morgan fingerprint density at radius 2 is 2.00 bits per heavy atom. The normalized spacial score (nSPS) is 24.8. The van der Waals surface area contributed by atoms with Gasteiger partial charge in [-0.25, -0.2) is 8.78 Å². The van der Waals surface area contributed by atoms with Crippen molar-refractivity contribution in [3.8, 4) is 0 Å². The molecule has 1 saturated carbocycles. The van der Waals surface area contributed by atoms with Gasteiger partial charge in [0.05, 0.1) is 0 Å². The molecule has 0 heterocycles. The van der Waals surface area contributed by atoms with Gasteiger partial charge in [0, 0.05) is 18.6 Å². The van der Waals surface area contributed by atoms with Crippen molar-refractivity contribution < 1.29 is 27.3 Å². The van der Waals surface area contributed by atoms with E-state index in [1.807, 2.05) is 0 Å². The maximum absolute atomic E-state index is 11.9. The van der Waals surface area contributed by atoms with Crippen LogP contribution in [0.15, 0.2) is 0 Å². The number of hydrogen-bond acceptors (Lipinski definition) is 0. The Bertz CT molecular complexity index is 64.8. The zero-order valence-electron chi connectivity index (χ0n) is 4.40. The van der Waals surface area contributed by atoms with E-state index in [1.54, 1.807) is 6.42 Å². The summed E-state index contributed by atoms with van der Waals surface area (Å²) in [7, 11) is 0. The summed E-state index contributed by atoms with van der Waals surface area (Å²) in [5.74, 6) is -2.36. The largest absolute Gasteiger partial charge is 0.323 e. The average Bonchev–Trinajstić information content (AvgIpc) is 1.84. The molecule has 1 fully saturated rings.